The highest BCUT2D eigenvalue weighted by molar-refractivity contribution is 6.00. The Labute approximate surface area is 220 Å². The lowest BCUT2D eigenvalue weighted by atomic mass is 9.88. The molecule has 2 N–H and O–H groups in total. The van der Waals surface area contributed by atoms with E-state index in [1.54, 1.807) is 0 Å². The summed E-state index contributed by atoms with van der Waals surface area (Å²) in [4.78, 5) is 15.7. The first-order valence-corrected chi connectivity index (χ1v) is 13.3. The highest BCUT2D eigenvalue weighted by Gasteiger charge is 2.23. The fraction of sp³-hybridized carbons (Fsp3) is 0.242. The molecule has 1 saturated heterocycles. The molecular weight excluding hydrogens is 454 g/mol. The molecular formula is C33H35N3O. The van der Waals surface area contributed by atoms with Crippen molar-refractivity contribution >= 4 is 17.3 Å². The molecule has 0 atom stereocenters. The van der Waals surface area contributed by atoms with Gasteiger partial charge in [-0.1, -0.05) is 91.0 Å². The van der Waals surface area contributed by atoms with E-state index < -0.39 is 0 Å². The zero-order chi connectivity index (χ0) is 25.3. The molecule has 1 fully saturated rings. The summed E-state index contributed by atoms with van der Waals surface area (Å²) in [6.45, 7) is 3.06. The van der Waals surface area contributed by atoms with Gasteiger partial charge in [-0.3, -0.25) is 4.79 Å². The van der Waals surface area contributed by atoms with Crippen molar-refractivity contribution in [3.8, 4) is 0 Å². The molecule has 0 unspecified atom stereocenters. The number of nitrogens with one attached hydrogen (secondary N) is 2. The Morgan fingerprint density at radius 2 is 1.27 bits per heavy atom. The van der Waals surface area contributed by atoms with Gasteiger partial charge in [-0.05, 0) is 61.2 Å². The van der Waals surface area contributed by atoms with E-state index in [1.807, 2.05) is 54.6 Å². The second kappa shape index (κ2) is 12.4. The predicted octanol–water partition coefficient (Wildman–Crippen LogP) is 6.85. The molecule has 4 aromatic rings. The van der Waals surface area contributed by atoms with E-state index in [2.05, 4.69) is 76.2 Å². The Hall–Kier alpha value is -3.89. The molecule has 37 heavy (non-hydrogen) atoms. The monoisotopic (exact) mass is 489 g/mol. The normalized spacial score (nSPS) is 14.4. The molecule has 5 rings (SSSR count). The minimum atomic E-state index is -0.00861. The number of hydrogen-bond donors (Lipinski definition) is 2. The summed E-state index contributed by atoms with van der Waals surface area (Å²) in [5, 5.41) is 6.68. The number of anilines is 2. The maximum Gasteiger partial charge on any atom is 0.253 e. The van der Waals surface area contributed by atoms with Gasteiger partial charge in [0, 0.05) is 30.7 Å². The maximum absolute atomic E-state index is 13.2. The Morgan fingerprint density at radius 1 is 0.730 bits per heavy atom. The zero-order valence-corrected chi connectivity index (χ0v) is 21.2. The van der Waals surface area contributed by atoms with Crippen LogP contribution in [0.5, 0.6) is 0 Å². The first-order chi connectivity index (χ1) is 18.3. The van der Waals surface area contributed by atoms with E-state index in [-0.39, 0.29) is 11.9 Å². The summed E-state index contributed by atoms with van der Waals surface area (Å²) in [6, 6.07) is 39.6. The van der Waals surface area contributed by atoms with Crippen LogP contribution in [0.25, 0.3) is 0 Å². The first-order valence-electron chi connectivity index (χ1n) is 13.3. The van der Waals surface area contributed by atoms with Gasteiger partial charge in [-0.25, -0.2) is 0 Å². The topological polar surface area (TPSA) is 44.4 Å². The van der Waals surface area contributed by atoms with Crippen LogP contribution in [0.4, 0.5) is 11.4 Å². The average molecular weight is 490 g/mol. The van der Waals surface area contributed by atoms with E-state index >= 15 is 0 Å². The summed E-state index contributed by atoms with van der Waals surface area (Å²) in [5.74, 6) is 0.388. The molecule has 1 amide bonds. The van der Waals surface area contributed by atoms with Gasteiger partial charge in [-0.15, -0.1) is 0 Å². The second-order valence-electron chi connectivity index (χ2n) is 9.79. The third-order valence-electron chi connectivity index (χ3n) is 7.29. The Bertz CT molecular complexity index is 1210. The van der Waals surface area contributed by atoms with Crippen LogP contribution >= 0.6 is 0 Å². The van der Waals surface area contributed by atoms with Crippen molar-refractivity contribution in [3.05, 3.63) is 132 Å². The molecule has 4 nitrogen and oxygen atoms in total. The molecule has 0 spiro atoms. The Balaban J connectivity index is 1.15. The van der Waals surface area contributed by atoms with Gasteiger partial charge in [-0.2, -0.15) is 0 Å². The largest absolute Gasteiger partial charge is 0.355 e. The summed E-state index contributed by atoms with van der Waals surface area (Å²) in [6.07, 6.45) is 3.03. The minimum absolute atomic E-state index is 0.00861. The number of rotatable bonds is 9. The van der Waals surface area contributed by atoms with E-state index in [4.69, 9.17) is 0 Å². The number of piperidine rings is 1. The van der Waals surface area contributed by atoms with Gasteiger partial charge < -0.3 is 15.5 Å². The molecule has 4 heteroatoms. The van der Waals surface area contributed by atoms with Gasteiger partial charge in [0.2, 0.25) is 0 Å². The van der Waals surface area contributed by atoms with Gasteiger partial charge in [0.15, 0.2) is 0 Å². The van der Waals surface area contributed by atoms with Crippen LogP contribution in [-0.2, 0) is 0 Å². The molecule has 0 saturated carbocycles. The highest BCUT2D eigenvalue weighted by atomic mass is 16.1. The number of para-hydroxylation sites is 2. The molecule has 0 radical (unpaired) electrons. The van der Waals surface area contributed by atoms with Crippen LogP contribution in [0.1, 0.15) is 46.7 Å². The summed E-state index contributed by atoms with van der Waals surface area (Å²) < 4.78 is 0. The fourth-order valence-corrected chi connectivity index (χ4v) is 5.24. The molecule has 1 aliphatic rings. The highest BCUT2D eigenvalue weighted by Crippen LogP contribution is 2.29. The van der Waals surface area contributed by atoms with Crippen LogP contribution in [-0.4, -0.2) is 36.5 Å². The summed E-state index contributed by atoms with van der Waals surface area (Å²) >= 11 is 0. The number of nitrogens with zero attached hydrogens (tertiary/aromatic N) is 1. The number of amides is 1. The Kier molecular flexibility index (Phi) is 8.29. The molecule has 1 heterocycles. The number of carbonyl (C=O) groups is 1. The number of carbonyl (C=O) groups excluding carboxylic acids is 1. The molecule has 0 aliphatic carbocycles. The van der Waals surface area contributed by atoms with Crippen LogP contribution in [0.15, 0.2) is 115 Å². The minimum Gasteiger partial charge on any atom is -0.355 e. The summed E-state index contributed by atoms with van der Waals surface area (Å²) in [7, 11) is 0. The lowest BCUT2D eigenvalue weighted by Gasteiger charge is -2.33. The van der Waals surface area contributed by atoms with E-state index in [1.165, 1.54) is 11.1 Å². The third kappa shape index (κ3) is 6.66. The molecule has 0 bridgehead atoms. The van der Waals surface area contributed by atoms with Crippen LogP contribution < -0.4 is 10.6 Å². The van der Waals surface area contributed by atoms with E-state index in [9.17, 15) is 4.79 Å². The quantitative estimate of drug-likeness (QED) is 0.270. The fourth-order valence-electron chi connectivity index (χ4n) is 5.24. The Morgan fingerprint density at radius 3 is 1.89 bits per heavy atom. The second-order valence-corrected chi connectivity index (χ2v) is 9.79. The van der Waals surface area contributed by atoms with Crippen molar-refractivity contribution in [1.82, 2.24) is 10.2 Å². The van der Waals surface area contributed by atoms with Crippen molar-refractivity contribution in [1.29, 1.82) is 0 Å². The van der Waals surface area contributed by atoms with E-state index in [0.717, 1.165) is 50.3 Å². The number of benzene rings is 4. The van der Waals surface area contributed by atoms with Crippen molar-refractivity contribution in [2.24, 2.45) is 0 Å². The van der Waals surface area contributed by atoms with Crippen LogP contribution in [0, 0.1) is 0 Å². The van der Waals surface area contributed by atoms with Crippen molar-refractivity contribution in [3.63, 3.8) is 0 Å². The van der Waals surface area contributed by atoms with Gasteiger partial charge in [0.1, 0.15) is 0 Å². The van der Waals surface area contributed by atoms with Gasteiger partial charge in [0.05, 0.1) is 11.3 Å². The predicted molar refractivity (Wildman–Crippen MR) is 152 cm³/mol. The smallest absolute Gasteiger partial charge is 0.253 e. The van der Waals surface area contributed by atoms with Crippen LogP contribution in [0.2, 0.25) is 0 Å². The van der Waals surface area contributed by atoms with Crippen molar-refractivity contribution < 1.29 is 4.79 Å². The van der Waals surface area contributed by atoms with Crippen molar-refractivity contribution in [2.75, 3.05) is 25.0 Å². The lowest BCUT2D eigenvalue weighted by Crippen LogP contribution is -2.45. The van der Waals surface area contributed by atoms with Gasteiger partial charge >= 0.3 is 0 Å². The van der Waals surface area contributed by atoms with Crippen molar-refractivity contribution in [2.45, 2.75) is 31.2 Å². The number of hydrogen-bond acceptors (Lipinski definition) is 3. The number of likely N-dealkylation sites (tertiary alicyclic amines) is 1. The third-order valence-corrected chi connectivity index (χ3v) is 7.29. The van der Waals surface area contributed by atoms with E-state index in [0.29, 0.717) is 11.5 Å². The lowest BCUT2D eigenvalue weighted by molar-refractivity contribution is 0.0911. The molecule has 1 aliphatic heterocycles. The molecule has 188 valence electrons. The van der Waals surface area contributed by atoms with Gasteiger partial charge in [0.25, 0.3) is 5.91 Å². The molecule has 0 aromatic heterocycles. The molecule has 4 aromatic carbocycles. The average Bonchev–Trinajstić information content (AvgIpc) is 2.96. The zero-order valence-electron chi connectivity index (χ0n) is 21.2. The maximum atomic E-state index is 13.2. The SMILES string of the molecule is O=C(NC1CCN(CCC(c2ccccc2)c2ccccc2)CC1)c1ccccc1Nc1ccccc1. The first kappa shape index (κ1) is 24.8. The summed E-state index contributed by atoms with van der Waals surface area (Å²) in [5.41, 5.74) is 5.23. The van der Waals surface area contributed by atoms with Crippen LogP contribution in [0.3, 0.4) is 0 Å². The standard InChI is InChI=1S/C33H35N3O/c37-33(31-18-10-11-19-32(31)34-28-16-8-3-9-17-28)35-29-20-23-36(24-21-29)25-22-30(26-12-4-1-5-13-26)27-14-6-2-7-15-27/h1-19,29-30,34H,20-25H2,(H,35,37).